The molecule has 2 aromatic rings. The van der Waals surface area contributed by atoms with Gasteiger partial charge in [0.25, 0.3) is 0 Å². The number of urea groups is 1. The molecule has 2 amide bonds. The molecule has 0 aromatic heterocycles. The molecule has 0 bridgehead atoms. The molecule has 1 aliphatic heterocycles. The fourth-order valence-electron chi connectivity index (χ4n) is 3.07. The highest BCUT2D eigenvalue weighted by atomic mass is 35.5. The van der Waals surface area contributed by atoms with Gasteiger partial charge < -0.3 is 19.7 Å². The van der Waals surface area contributed by atoms with Crippen LogP contribution in [0.15, 0.2) is 42.5 Å². The summed E-state index contributed by atoms with van der Waals surface area (Å²) in [5, 5.41) is 3.82. The fraction of sp³-hybridized carbons (Fsp3) is 0.381. The molecule has 3 rings (SSSR count). The zero-order valence-electron chi connectivity index (χ0n) is 15.9. The summed E-state index contributed by atoms with van der Waals surface area (Å²) in [5.41, 5.74) is 2.03. The average molecular weight is 389 g/mol. The molecule has 1 N–H and O–H groups in total. The lowest BCUT2D eigenvalue weighted by atomic mass is 9.95. The van der Waals surface area contributed by atoms with E-state index in [9.17, 15) is 4.79 Å². The summed E-state index contributed by atoms with van der Waals surface area (Å²) in [6.45, 7) is 5.78. The normalized spacial score (nSPS) is 14.0. The highest BCUT2D eigenvalue weighted by molar-refractivity contribution is 6.30. The Kier molecular flexibility index (Phi) is 6.11. The summed E-state index contributed by atoms with van der Waals surface area (Å²) in [6.07, 6.45) is 0. The van der Waals surface area contributed by atoms with E-state index in [4.69, 9.17) is 21.1 Å². The van der Waals surface area contributed by atoms with E-state index in [1.54, 1.807) is 11.9 Å². The van der Waals surface area contributed by atoms with Crippen molar-refractivity contribution < 1.29 is 14.3 Å². The predicted octanol–water partition coefficient (Wildman–Crippen LogP) is 4.65. The van der Waals surface area contributed by atoms with Crippen molar-refractivity contribution in [3.63, 3.8) is 0 Å². The van der Waals surface area contributed by atoms with Crippen LogP contribution in [-0.2, 0) is 6.54 Å². The molecule has 2 aromatic carbocycles. The monoisotopic (exact) mass is 388 g/mol. The molecule has 0 aliphatic carbocycles. The van der Waals surface area contributed by atoms with E-state index >= 15 is 0 Å². The van der Waals surface area contributed by atoms with Crippen molar-refractivity contribution in [3.8, 4) is 11.5 Å². The molecule has 1 unspecified atom stereocenters. The summed E-state index contributed by atoms with van der Waals surface area (Å²) >= 11 is 5.92. The highest BCUT2D eigenvalue weighted by Gasteiger charge is 2.22. The first-order valence-electron chi connectivity index (χ1n) is 9.09. The molecule has 0 spiro atoms. The Morgan fingerprint density at radius 1 is 1.11 bits per heavy atom. The number of benzene rings is 2. The van der Waals surface area contributed by atoms with Crippen LogP contribution in [0.5, 0.6) is 11.5 Å². The summed E-state index contributed by atoms with van der Waals surface area (Å²) in [7, 11) is 1.78. The number of carbonyl (C=O) groups is 1. The molecule has 5 nitrogen and oxygen atoms in total. The standard InChI is InChI=1S/C21H25ClN2O3/c1-14(2)20(16-6-9-18-19(12-16)27-11-10-26-18)23-21(25)24(3)13-15-4-7-17(22)8-5-15/h4-9,12,14,20H,10-11,13H2,1-3H3,(H,23,25). The van der Waals surface area contributed by atoms with Crippen molar-refractivity contribution in [1.29, 1.82) is 0 Å². The van der Waals surface area contributed by atoms with Crippen molar-refractivity contribution in [2.24, 2.45) is 5.92 Å². The number of hydrogen-bond donors (Lipinski definition) is 1. The largest absolute Gasteiger partial charge is 0.486 e. The molecule has 0 radical (unpaired) electrons. The number of amides is 2. The van der Waals surface area contributed by atoms with Crippen LogP contribution in [0.25, 0.3) is 0 Å². The third-order valence-electron chi connectivity index (χ3n) is 4.55. The molecule has 144 valence electrons. The van der Waals surface area contributed by atoms with Gasteiger partial charge in [0.1, 0.15) is 13.2 Å². The smallest absolute Gasteiger partial charge is 0.317 e. The second-order valence-electron chi connectivity index (χ2n) is 7.06. The Balaban J connectivity index is 1.70. The molecular formula is C21H25ClN2O3. The van der Waals surface area contributed by atoms with Crippen molar-refractivity contribution in [2.45, 2.75) is 26.4 Å². The van der Waals surface area contributed by atoms with E-state index in [0.29, 0.717) is 24.8 Å². The lowest BCUT2D eigenvalue weighted by molar-refractivity contribution is 0.171. The molecule has 0 saturated carbocycles. The first kappa shape index (κ1) is 19.4. The number of nitrogens with one attached hydrogen (secondary N) is 1. The van der Waals surface area contributed by atoms with Gasteiger partial charge in [-0.25, -0.2) is 4.79 Å². The van der Waals surface area contributed by atoms with Gasteiger partial charge >= 0.3 is 6.03 Å². The van der Waals surface area contributed by atoms with E-state index in [2.05, 4.69) is 19.2 Å². The molecule has 0 saturated heterocycles. The van der Waals surface area contributed by atoms with E-state index < -0.39 is 0 Å². The Morgan fingerprint density at radius 2 is 1.78 bits per heavy atom. The van der Waals surface area contributed by atoms with Gasteiger partial charge in [-0.1, -0.05) is 43.6 Å². The van der Waals surface area contributed by atoms with Gasteiger partial charge in [0.2, 0.25) is 0 Å². The van der Waals surface area contributed by atoms with Crippen LogP contribution in [0.2, 0.25) is 5.02 Å². The predicted molar refractivity (Wildman–Crippen MR) is 106 cm³/mol. The maximum Gasteiger partial charge on any atom is 0.317 e. The van der Waals surface area contributed by atoms with Crippen LogP contribution in [-0.4, -0.2) is 31.2 Å². The van der Waals surface area contributed by atoms with E-state index in [1.807, 2.05) is 42.5 Å². The maximum absolute atomic E-state index is 12.7. The number of fused-ring (bicyclic) bond motifs is 1. The third-order valence-corrected chi connectivity index (χ3v) is 4.80. The number of nitrogens with zero attached hydrogens (tertiary/aromatic N) is 1. The van der Waals surface area contributed by atoms with Gasteiger partial charge in [0, 0.05) is 18.6 Å². The Hall–Kier alpha value is -2.40. The van der Waals surface area contributed by atoms with Crippen molar-refractivity contribution in [3.05, 3.63) is 58.6 Å². The minimum atomic E-state index is -0.126. The van der Waals surface area contributed by atoms with Gasteiger partial charge in [-0.2, -0.15) is 0 Å². The quantitative estimate of drug-likeness (QED) is 0.811. The van der Waals surface area contributed by atoms with E-state index in [1.165, 1.54) is 0 Å². The average Bonchev–Trinajstić information content (AvgIpc) is 2.67. The van der Waals surface area contributed by atoms with Gasteiger partial charge in [-0.3, -0.25) is 0 Å². The molecular weight excluding hydrogens is 364 g/mol. The Morgan fingerprint density at radius 3 is 2.44 bits per heavy atom. The minimum absolute atomic E-state index is 0.124. The second-order valence-corrected chi connectivity index (χ2v) is 7.49. The van der Waals surface area contributed by atoms with Crippen molar-refractivity contribution in [1.82, 2.24) is 10.2 Å². The summed E-state index contributed by atoms with van der Waals surface area (Å²) in [4.78, 5) is 14.4. The number of halogens is 1. The molecule has 27 heavy (non-hydrogen) atoms. The zero-order chi connectivity index (χ0) is 19.4. The van der Waals surface area contributed by atoms with Crippen molar-refractivity contribution >= 4 is 17.6 Å². The lowest BCUT2D eigenvalue weighted by Crippen LogP contribution is -2.40. The molecule has 1 heterocycles. The van der Waals surface area contributed by atoms with E-state index in [0.717, 1.165) is 22.6 Å². The Bertz CT molecular complexity index is 793. The minimum Gasteiger partial charge on any atom is -0.486 e. The Labute approximate surface area is 165 Å². The summed E-state index contributed by atoms with van der Waals surface area (Å²) in [5.74, 6) is 1.70. The first-order chi connectivity index (χ1) is 12.9. The number of ether oxygens (including phenoxy) is 2. The van der Waals surface area contributed by atoms with Gasteiger partial charge in [0.05, 0.1) is 6.04 Å². The first-order valence-corrected chi connectivity index (χ1v) is 9.47. The zero-order valence-corrected chi connectivity index (χ0v) is 16.6. The van der Waals surface area contributed by atoms with Crippen LogP contribution in [0.3, 0.4) is 0 Å². The number of rotatable bonds is 5. The second kappa shape index (κ2) is 8.53. The van der Waals surface area contributed by atoms with Gasteiger partial charge in [-0.05, 0) is 41.3 Å². The number of carbonyl (C=O) groups excluding carboxylic acids is 1. The SMILES string of the molecule is CC(C)C(NC(=O)N(C)Cc1ccc(Cl)cc1)c1ccc2c(c1)OCCO2. The van der Waals surface area contributed by atoms with Gasteiger partial charge in [-0.15, -0.1) is 0 Å². The molecule has 1 aliphatic rings. The third kappa shape index (κ3) is 4.86. The van der Waals surface area contributed by atoms with Crippen LogP contribution in [0.1, 0.15) is 31.0 Å². The van der Waals surface area contributed by atoms with Crippen LogP contribution in [0, 0.1) is 5.92 Å². The van der Waals surface area contributed by atoms with Gasteiger partial charge in [0.15, 0.2) is 11.5 Å². The maximum atomic E-state index is 12.7. The van der Waals surface area contributed by atoms with Crippen LogP contribution >= 0.6 is 11.6 Å². The van der Waals surface area contributed by atoms with Crippen LogP contribution < -0.4 is 14.8 Å². The number of hydrogen-bond acceptors (Lipinski definition) is 3. The van der Waals surface area contributed by atoms with E-state index in [-0.39, 0.29) is 18.0 Å². The van der Waals surface area contributed by atoms with Crippen LogP contribution in [0.4, 0.5) is 4.79 Å². The fourth-order valence-corrected chi connectivity index (χ4v) is 3.19. The molecule has 0 fully saturated rings. The molecule has 6 heteroatoms. The summed E-state index contributed by atoms with van der Waals surface area (Å²) < 4.78 is 11.3. The lowest BCUT2D eigenvalue weighted by Gasteiger charge is -2.28. The highest BCUT2D eigenvalue weighted by Crippen LogP contribution is 2.34. The topological polar surface area (TPSA) is 50.8 Å². The molecule has 1 atom stereocenters. The summed E-state index contributed by atoms with van der Waals surface area (Å²) in [6, 6.07) is 13.1. The van der Waals surface area contributed by atoms with Crippen molar-refractivity contribution in [2.75, 3.05) is 20.3 Å².